The lowest BCUT2D eigenvalue weighted by molar-refractivity contribution is 0.181. The van der Waals surface area contributed by atoms with Crippen molar-refractivity contribution in [1.82, 2.24) is 14.8 Å². The summed E-state index contributed by atoms with van der Waals surface area (Å²) >= 11 is 0. The van der Waals surface area contributed by atoms with Crippen LogP contribution in [0.5, 0.6) is 0 Å². The van der Waals surface area contributed by atoms with Crippen molar-refractivity contribution in [2.75, 3.05) is 40.3 Å². The molecule has 0 spiro atoms. The standard InChI is InChI=1S/C6H14N2.C5H5N/c1-7-3-5-8(2)6-4-7;1-2-4-6-5-3-1/h3-6H2,1-2H3;1-5H. The van der Waals surface area contributed by atoms with Crippen molar-refractivity contribution in [3.05, 3.63) is 30.6 Å². The SMILES string of the molecule is CN1CCN(C)CC1.c1ccncc1. The van der Waals surface area contributed by atoms with Crippen LogP contribution in [-0.4, -0.2) is 55.1 Å². The molecule has 0 amide bonds. The van der Waals surface area contributed by atoms with Crippen molar-refractivity contribution in [2.45, 2.75) is 0 Å². The lowest BCUT2D eigenvalue weighted by atomic mass is 10.4. The Hall–Kier alpha value is -0.930. The molecule has 2 heterocycles. The molecule has 1 aliphatic heterocycles. The van der Waals surface area contributed by atoms with Crippen molar-refractivity contribution < 1.29 is 0 Å². The summed E-state index contributed by atoms with van der Waals surface area (Å²) in [5.74, 6) is 0. The van der Waals surface area contributed by atoms with E-state index in [9.17, 15) is 0 Å². The summed E-state index contributed by atoms with van der Waals surface area (Å²) < 4.78 is 0. The minimum Gasteiger partial charge on any atom is -0.304 e. The molecule has 78 valence electrons. The topological polar surface area (TPSA) is 19.4 Å². The smallest absolute Gasteiger partial charge is 0.0267 e. The van der Waals surface area contributed by atoms with Crippen LogP contribution in [0.25, 0.3) is 0 Å². The molecule has 3 heteroatoms. The highest BCUT2D eigenvalue weighted by Crippen LogP contribution is 1.93. The molecule has 1 saturated heterocycles. The van der Waals surface area contributed by atoms with Crippen LogP contribution in [0, 0.1) is 0 Å². The Kier molecular flexibility index (Phi) is 5.19. The molecular weight excluding hydrogens is 174 g/mol. The number of aromatic nitrogens is 1. The van der Waals surface area contributed by atoms with Gasteiger partial charge in [0.05, 0.1) is 0 Å². The van der Waals surface area contributed by atoms with Gasteiger partial charge in [-0.15, -0.1) is 0 Å². The van der Waals surface area contributed by atoms with E-state index in [-0.39, 0.29) is 0 Å². The van der Waals surface area contributed by atoms with E-state index >= 15 is 0 Å². The fraction of sp³-hybridized carbons (Fsp3) is 0.545. The Labute approximate surface area is 86.4 Å². The number of rotatable bonds is 0. The number of pyridine rings is 1. The Morgan fingerprint density at radius 2 is 1.21 bits per heavy atom. The first-order valence-corrected chi connectivity index (χ1v) is 5.01. The summed E-state index contributed by atoms with van der Waals surface area (Å²) in [5.41, 5.74) is 0. The molecule has 14 heavy (non-hydrogen) atoms. The Bertz CT molecular complexity index is 181. The molecule has 0 saturated carbocycles. The summed E-state index contributed by atoms with van der Waals surface area (Å²) in [4.78, 5) is 8.51. The van der Waals surface area contributed by atoms with Gasteiger partial charge < -0.3 is 9.80 Å². The molecule has 0 N–H and O–H groups in total. The third-order valence-corrected chi connectivity index (χ3v) is 2.29. The average Bonchev–Trinajstić information content (AvgIpc) is 2.26. The first-order valence-electron chi connectivity index (χ1n) is 5.01. The zero-order valence-electron chi connectivity index (χ0n) is 9.06. The highest BCUT2D eigenvalue weighted by molar-refractivity contribution is 4.88. The molecule has 1 fully saturated rings. The lowest BCUT2D eigenvalue weighted by Gasteiger charge is -2.28. The van der Waals surface area contributed by atoms with Crippen LogP contribution in [0.4, 0.5) is 0 Å². The number of nitrogens with zero attached hydrogens (tertiary/aromatic N) is 3. The van der Waals surface area contributed by atoms with E-state index in [1.807, 2.05) is 18.2 Å². The van der Waals surface area contributed by atoms with E-state index < -0.39 is 0 Å². The molecule has 0 aromatic carbocycles. The maximum Gasteiger partial charge on any atom is 0.0267 e. The molecule has 0 aliphatic carbocycles. The predicted molar refractivity (Wildman–Crippen MR) is 59.2 cm³/mol. The Balaban J connectivity index is 0.000000146. The number of piperazine rings is 1. The van der Waals surface area contributed by atoms with Crippen LogP contribution in [0.2, 0.25) is 0 Å². The summed E-state index contributed by atoms with van der Waals surface area (Å²) in [6, 6.07) is 5.72. The van der Waals surface area contributed by atoms with Crippen molar-refractivity contribution in [2.24, 2.45) is 0 Å². The second-order valence-corrected chi connectivity index (χ2v) is 3.63. The second kappa shape index (κ2) is 6.51. The number of hydrogen-bond donors (Lipinski definition) is 0. The summed E-state index contributed by atoms with van der Waals surface area (Å²) in [7, 11) is 4.35. The predicted octanol–water partition coefficient (Wildman–Crippen LogP) is 0.945. The minimum atomic E-state index is 1.23. The molecule has 0 radical (unpaired) electrons. The molecular formula is C11H19N3. The normalized spacial score (nSPS) is 18.4. The molecule has 0 atom stereocenters. The van der Waals surface area contributed by atoms with E-state index in [0.717, 1.165) is 0 Å². The summed E-state index contributed by atoms with van der Waals surface area (Å²) in [6.45, 7) is 4.93. The van der Waals surface area contributed by atoms with Gasteiger partial charge in [0, 0.05) is 38.6 Å². The van der Waals surface area contributed by atoms with E-state index in [0.29, 0.717) is 0 Å². The Morgan fingerprint density at radius 1 is 0.786 bits per heavy atom. The maximum absolute atomic E-state index is 3.78. The van der Waals surface area contributed by atoms with Gasteiger partial charge in [-0.3, -0.25) is 4.98 Å². The highest BCUT2D eigenvalue weighted by atomic mass is 15.2. The van der Waals surface area contributed by atoms with E-state index in [1.165, 1.54) is 26.2 Å². The minimum absolute atomic E-state index is 1.23. The van der Waals surface area contributed by atoms with Gasteiger partial charge in [0.2, 0.25) is 0 Å². The van der Waals surface area contributed by atoms with Crippen LogP contribution in [-0.2, 0) is 0 Å². The lowest BCUT2D eigenvalue weighted by Crippen LogP contribution is -2.42. The molecule has 1 aromatic heterocycles. The quantitative estimate of drug-likeness (QED) is 0.611. The highest BCUT2D eigenvalue weighted by Gasteiger charge is 2.07. The third-order valence-electron chi connectivity index (χ3n) is 2.29. The fourth-order valence-corrected chi connectivity index (χ4v) is 1.22. The van der Waals surface area contributed by atoms with Crippen molar-refractivity contribution >= 4 is 0 Å². The average molecular weight is 193 g/mol. The molecule has 2 rings (SSSR count). The number of likely N-dealkylation sites (N-methyl/N-ethyl adjacent to an activating group) is 2. The van der Waals surface area contributed by atoms with Crippen LogP contribution in [0.3, 0.4) is 0 Å². The summed E-state index contributed by atoms with van der Waals surface area (Å²) in [5, 5.41) is 0. The van der Waals surface area contributed by atoms with E-state index in [2.05, 4.69) is 28.9 Å². The monoisotopic (exact) mass is 193 g/mol. The molecule has 0 bridgehead atoms. The fourth-order valence-electron chi connectivity index (χ4n) is 1.22. The van der Waals surface area contributed by atoms with Crippen LogP contribution < -0.4 is 0 Å². The maximum atomic E-state index is 3.78. The van der Waals surface area contributed by atoms with Gasteiger partial charge in [-0.2, -0.15) is 0 Å². The van der Waals surface area contributed by atoms with Gasteiger partial charge >= 0.3 is 0 Å². The van der Waals surface area contributed by atoms with Gasteiger partial charge in [-0.25, -0.2) is 0 Å². The van der Waals surface area contributed by atoms with Crippen LogP contribution in [0.1, 0.15) is 0 Å². The molecule has 1 aliphatic rings. The summed E-state index contributed by atoms with van der Waals surface area (Å²) in [6.07, 6.45) is 3.50. The van der Waals surface area contributed by atoms with Crippen LogP contribution >= 0.6 is 0 Å². The molecule has 1 aromatic rings. The van der Waals surface area contributed by atoms with Crippen molar-refractivity contribution in [3.63, 3.8) is 0 Å². The van der Waals surface area contributed by atoms with Gasteiger partial charge in [0.25, 0.3) is 0 Å². The first kappa shape index (κ1) is 11.1. The first-order chi connectivity index (χ1) is 6.79. The Morgan fingerprint density at radius 3 is 1.43 bits per heavy atom. The van der Waals surface area contributed by atoms with Crippen LogP contribution in [0.15, 0.2) is 30.6 Å². The van der Waals surface area contributed by atoms with E-state index in [4.69, 9.17) is 0 Å². The number of hydrogen-bond acceptors (Lipinski definition) is 3. The van der Waals surface area contributed by atoms with Crippen molar-refractivity contribution in [3.8, 4) is 0 Å². The molecule has 3 nitrogen and oxygen atoms in total. The second-order valence-electron chi connectivity index (χ2n) is 3.63. The van der Waals surface area contributed by atoms with Crippen molar-refractivity contribution in [1.29, 1.82) is 0 Å². The zero-order chi connectivity index (χ0) is 10.2. The third kappa shape index (κ3) is 4.94. The van der Waals surface area contributed by atoms with Gasteiger partial charge in [-0.05, 0) is 26.2 Å². The van der Waals surface area contributed by atoms with Gasteiger partial charge in [-0.1, -0.05) is 6.07 Å². The van der Waals surface area contributed by atoms with Gasteiger partial charge in [0.1, 0.15) is 0 Å². The van der Waals surface area contributed by atoms with E-state index in [1.54, 1.807) is 12.4 Å². The van der Waals surface area contributed by atoms with Gasteiger partial charge in [0.15, 0.2) is 0 Å². The zero-order valence-corrected chi connectivity index (χ0v) is 9.06. The molecule has 0 unspecified atom stereocenters. The largest absolute Gasteiger partial charge is 0.304 e.